The molecule has 1 amide bonds. The predicted octanol–water partition coefficient (Wildman–Crippen LogP) is 3.57. The summed E-state index contributed by atoms with van der Waals surface area (Å²) in [5.74, 6) is -3.68. The molecule has 2 saturated carbocycles. The van der Waals surface area contributed by atoms with Crippen LogP contribution in [0.4, 0.5) is 14.5 Å². The van der Waals surface area contributed by atoms with E-state index in [9.17, 15) is 37.3 Å². The van der Waals surface area contributed by atoms with Crippen LogP contribution in [0.3, 0.4) is 0 Å². The Kier molecular flexibility index (Phi) is 8.70. The first-order valence-corrected chi connectivity index (χ1v) is 14.6. The number of amides is 1. The van der Waals surface area contributed by atoms with Crippen molar-refractivity contribution in [1.29, 1.82) is 0 Å². The van der Waals surface area contributed by atoms with E-state index in [0.717, 1.165) is 12.1 Å². The number of sulfone groups is 1. The van der Waals surface area contributed by atoms with Crippen molar-refractivity contribution in [2.24, 2.45) is 17.8 Å². The summed E-state index contributed by atoms with van der Waals surface area (Å²) >= 11 is 6.28. The molecule has 2 fully saturated rings. The summed E-state index contributed by atoms with van der Waals surface area (Å²) in [6.45, 7) is 3.12. The van der Waals surface area contributed by atoms with Crippen molar-refractivity contribution in [2.45, 2.75) is 61.1 Å². The predicted molar refractivity (Wildman–Crippen MR) is 140 cm³/mol. The molecule has 7 atom stereocenters. The third kappa shape index (κ3) is 5.98. The zero-order chi connectivity index (χ0) is 28.7. The van der Waals surface area contributed by atoms with Crippen LogP contribution in [0.25, 0.3) is 0 Å². The van der Waals surface area contributed by atoms with Crippen LogP contribution in [0.15, 0.2) is 41.3 Å². The maximum absolute atomic E-state index is 13.8. The normalized spacial score (nSPS) is 28.2. The monoisotopic (exact) mass is 587 g/mol. The number of ether oxygens (including phenoxy) is 1. The minimum absolute atomic E-state index is 0.00132. The number of hydrogen-bond acceptors (Lipinski definition) is 7. The van der Waals surface area contributed by atoms with Crippen LogP contribution in [0, 0.1) is 29.4 Å². The smallest absolute Gasteiger partial charge is 0.255 e. The Balaban J connectivity index is 1.52. The highest BCUT2D eigenvalue weighted by Gasteiger charge is 2.58. The molecule has 4 N–H and O–H groups in total. The van der Waals surface area contributed by atoms with Gasteiger partial charge in [-0.1, -0.05) is 18.5 Å². The van der Waals surface area contributed by atoms with Gasteiger partial charge in [-0.3, -0.25) is 4.79 Å². The molecule has 0 aromatic heterocycles. The van der Waals surface area contributed by atoms with Crippen LogP contribution in [0.2, 0.25) is 5.02 Å². The standard InChI is InChI=1S/C27H32ClF2NO7S/c1-14-7-17-9-19(11-20(14)27(17,35)13-38-12-24(33)15(2)32)39(36,37)25-8-16(3-5-21(25)28)26(34)31-18-4-6-22(29)23(30)10-18/h3-6,8,10,14-15,17,19-20,24,32-33,35H,7,9,11-13H2,1-2H3,(H,31,34)/t14-,15-,17?,19?,20?,24-,27+/m0/s1. The molecule has 3 unspecified atom stereocenters. The Morgan fingerprint density at radius 3 is 2.51 bits per heavy atom. The molecule has 0 aliphatic heterocycles. The molecule has 39 heavy (non-hydrogen) atoms. The van der Waals surface area contributed by atoms with Gasteiger partial charge in [0.05, 0.1) is 40.1 Å². The van der Waals surface area contributed by atoms with Crippen LogP contribution in [-0.2, 0) is 14.6 Å². The van der Waals surface area contributed by atoms with Crippen LogP contribution < -0.4 is 5.32 Å². The quantitative estimate of drug-likeness (QED) is 0.352. The van der Waals surface area contributed by atoms with Crippen LogP contribution >= 0.6 is 11.6 Å². The number of nitrogens with one attached hydrogen (secondary N) is 1. The third-order valence-electron chi connectivity index (χ3n) is 8.05. The zero-order valence-electron chi connectivity index (χ0n) is 21.5. The van der Waals surface area contributed by atoms with Gasteiger partial charge >= 0.3 is 0 Å². The van der Waals surface area contributed by atoms with E-state index in [4.69, 9.17) is 16.3 Å². The first kappa shape index (κ1) is 29.8. The van der Waals surface area contributed by atoms with Gasteiger partial charge in [-0.15, -0.1) is 0 Å². The summed E-state index contributed by atoms with van der Waals surface area (Å²) in [5, 5.41) is 32.3. The average Bonchev–Trinajstić information content (AvgIpc) is 2.98. The largest absolute Gasteiger partial charge is 0.391 e. The number of anilines is 1. The Morgan fingerprint density at radius 1 is 1.15 bits per heavy atom. The van der Waals surface area contributed by atoms with Gasteiger partial charge < -0.3 is 25.4 Å². The number of fused-ring (bicyclic) bond motifs is 2. The van der Waals surface area contributed by atoms with Gasteiger partial charge in [0.1, 0.15) is 6.10 Å². The highest BCUT2D eigenvalue weighted by Crippen LogP contribution is 2.54. The van der Waals surface area contributed by atoms with Crippen molar-refractivity contribution in [1.82, 2.24) is 0 Å². The van der Waals surface area contributed by atoms with E-state index in [1.54, 1.807) is 0 Å². The molecular formula is C27H32ClF2NO7S. The molecule has 2 bridgehead atoms. The fourth-order valence-electron chi connectivity index (χ4n) is 5.83. The number of carbonyl (C=O) groups excluding carboxylic acids is 1. The highest BCUT2D eigenvalue weighted by molar-refractivity contribution is 7.92. The van der Waals surface area contributed by atoms with Gasteiger partial charge in [0, 0.05) is 17.3 Å². The molecule has 2 aromatic carbocycles. The molecule has 2 aliphatic rings. The third-order valence-corrected chi connectivity index (χ3v) is 10.7. The van der Waals surface area contributed by atoms with Gasteiger partial charge in [0.25, 0.3) is 5.91 Å². The van der Waals surface area contributed by atoms with E-state index < -0.39 is 56.4 Å². The van der Waals surface area contributed by atoms with Gasteiger partial charge in [-0.2, -0.15) is 0 Å². The lowest BCUT2D eigenvalue weighted by Crippen LogP contribution is -2.52. The van der Waals surface area contributed by atoms with Gasteiger partial charge in [0.2, 0.25) is 0 Å². The van der Waals surface area contributed by atoms with E-state index in [-0.39, 0.29) is 59.1 Å². The molecule has 0 saturated heterocycles. The second-order valence-corrected chi connectivity index (χ2v) is 13.3. The number of aliphatic hydroxyl groups excluding tert-OH is 2. The number of benzene rings is 2. The minimum atomic E-state index is -4.03. The van der Waals surface area contributed by atoms with E-state index in [1.807, 2.05) is 6.92 Å². The fraction of sp³-hybridized carbons (Fsp3) is 0.519. The summed E-state index contributed by atoms with van der Waals surface area (Å²) in [6.07, 6.45) is -1.19. The molecule has 8 nitrogen and oxygen atoms in total. The Hall–Kier alpha value is -2.15. The number of rotatable bonds is 9. The van der Waals surface area contributed by atoms with Crippen LogP contribution in [0.5, 0.6) is 0 Å². The lowest BCUT2D eigenvalue weighted by molar-refractivity contribution is -0.132. The lowest BCUT2D eigenvalue weighted by Gasteiger charge is -2.43. The van der Waals surface area contributed by atoms with E-state index >= 15 is 0 Å². The summed E-state index contributed by atoms with van der Waals surface area (Å²) < 4.78 is 59.8. The highest BCUT2D eigenvalue weighted by atomic mass is 35.5. The summed E-state index contributed by atoms with van der Waals surface area (Å²) in [7, 11) is -4.03. The van der Waals surface area contributed by atoms with Crippen molar-refractivity contribution in [3.63, 3.8) is 0 Å². The second-order valence-electron chi connectivity index (χ2n) is 10.7. The van der Waals surface area contributed by atoms with Crippen LogP contribution in [-0.4, -0.2) is 65.9 Å². The van der Waals surface area contributed by atoms with Crippen molar-refractivity contribution in [3.8, 4) is 0 Å². The summed E-state index contributed by atoms with van der Waals surface area (Å²) in [4.78, 5) is 12.5. The van der Waals surface area contributed by atoms with Crippen LogP contribution in [0.1, 0.15) is 43.5 Å². The molecule has 0 spiro atoms. The van der Waals surface area contributed by atoms with E-state index in [1.165, 1.54) is 31.2 Å². The van der Waals surface area contributed by atoms with Gasteiger partial charge in [0.15, 0.2) is 21.5 Å². The Morgan fingerprint density at radius 2 is 1.87 bits per heavy atom. The first-order valence-electron chi connectivity index (χ1n) is 12.7. The second kappa shape index (κ2) is 11.4. The summed E-state index contributed by atoms with van der Waals surface area (Å²) in [6, 6.07) is 6.66. The van der Waals surface area contributed by atoms with Gasteiger partial charge in [-0.05, 0) is 74.3 Å². The number of aliphatic hydroxyl groups is 3. The molecule has 0 heterocycles. The number of carbonyl (C=O) groups is 1. The fourth-order valence-corrected chi connectivity index (χ4v) is 8.20. The van der Waals surface area contributed by atoms with E-state index in [2.05, 4.69) is 5.32 Å². The maximum atomic E-state index is 13.8. The molecule has 214 valence electrons. The van der Waals surface area contributed by atoms with Crippen molar-refractivity contribution in [3.05, 3.63) is 58.6 Å². The lowest BCUT2D eigenvalue weighted by atomic mass is 9.73. The summed E-state index contributed by atoms with van der Waals surface area (Å²) in [5.41, 5.74) is -1.31. The van der Waals surface area contributed by atoms with Gasteiger partial charge in [-0.25, -0.2) is 17.2 Å². The van der Waals surface area contributed by atoms with Crippen molar-refractivity contribution in [2.75, 3.05) is 18.5 Å². The Labute approximate surface area is 230 Å². The van der Waals surface area contributed by atoms with Crippen molar-refractivity contribution < 1.29 is 42.0 Å². The zero-order valence-corrected chi connectivity index (χ0v) is 23.1. The molecule has 0 radical (unpaired) electrons. The molecule has 12 heteroatoms. The maximum Gasteiger partial charge on any atom is 0.255 e. The van der Waals surface area contributed by atoms with E-state index in [0.29, 0.717) is 6.42 Å². The average molecular weight is 588 g/mol. The number of halogens is 3. The molecule has 2 aliphatic carbocycles. The minimum Gasteiger partial charge on any atom is -0.391 e. The molecule has 2 aromatic rings. The first-order chi connectivity index (χ1) is 18.2. The van der Waals surface area contributed by atoms with Crippen molar-refractivity contribution >= 4 is 33.0 Å². The molecular weight excluding hydrogens is 556 g/mol. The SMILES string of the molecule is C[C@H](O)[C@@H](O)COC[C@@]1(O)C2CC(S(=O)(=O)c3cc(C(=O)Nc4ccc(F)c(F)c4)ccc3Cl)CC1[C@@H](C)C2. The molecule has 4 rings (SSSR count). The Bertz CT molecular complexity index is 1340. The topological polar surface area (TPSA) is 133 Å². The number of hydrogen-bond donors (Lipinski definition) is 4.